The van der Waals surface area contributed by atoms with Crippen molar-refractivity contribution in [2.24, 2.45) is 27.9 Å². The largest absolute Gasteiger partial charge is 0.480 e. The number of aliphatic imine (C=N–C) groups is 1. The molecule has 4 unspecified atom stereocenters. The predicted octanol–water partition coefficient (Wildman–Crippen LogP) is -3.07. The van der Waals surface area contributed by atoms with E-state index in [2.05, 4.69) is 15.6 Å². The lowest BCUT2D eigenvalue weighted by atomic mass is 10.1. The number of unbranched alkanes of at least 4 members (excludes halogenated alkanes) is 1. The average molecular weight is 403 g/mol. The number of guanidine groups is 1. The summed E-state index contributed by atoms with van der Waals surface area (Å²) in [5.74, 6) is -2.68. The highest BCUT2D eigenvalue weighted by Crippen LogP contribution is 2.05. The van der Waals surface area contributed by atoms with Crippen molar-refractivity contribution in [2.75, 3.05) is 13.1 Å². The molecule has 12 nitrogen and oxygen atoms in total. The van der Waals surface area contributed by atoms with Crippen LogP contribution in [0.15, 0.2) is 4.99 Å². The zero-order chi connectivity index (χ0) is 21.7. The van der Waals surface area contributed by atoms with Gasteiger partial charge in [0.1, 0.15) is 18.1 Å². The molecule has 0 heterocycles. The van der Waals surface area contributed by atoms with Gasteiger partial charge in [-0.2, -0.15) is 0 Å². The molecule has 4 atom stereocenters. The van der Waals surface area contributed by atoms with Gasteiger partial charge in [0.25, 0.3) is 0 Å². The summed E-state index contributed by atoms with van der Waals surface area (Å²) < 4.78 is 0. The summed E-state index contributed by atoms with van der Waals surface area (Å²) in [5.41, 5.74) is 21.4. The van der Waals surface area contributed by atoms with Gasteiger partial charge in [0, 0.05) is 6.54 Å². The average Bonchev–Trinajstić information content (AvgIpc) is 2.61. The van der Waals surface area contributed by atoms with Crippen molar-refractivity contribution in [3.05, 3.63) is 0 Å². The first-order chi connectivity index (χ1) is 13.1. The second kappa shape index (κ2) is 13.7. The lowest BCUT2D eigenvalue weighted by Gasteiger charge is -2.23. The molecule has 162 valence electrons. The Balaban J connectivity index is 4.97. The molecule has 0 rings (SSSR count). The molecule has 0 aromatic carbocycles. The molecular formula is C16H33N7O5. The number of nitrogens with two attached hydrogens (primary N) is 4. The molecule has 28 heavy (non-hydrogen) atoms. The number of amides is 2. The molecule has 0 aliphatic carbocycles. The van der Waals surface area contributed by atoms with Crippen LogP contribution in [0.5, 0.6) is 0 Å². The van der Waals surface area contributed by atoms with Crippen molar-refractivity contribution < 1.29 is 24.6 Å². The van der Waals surface area contributed by atoms with E-state index in [1.807, 2.05) is 0 Å². The fraction of sp³-hybridized carbons (Fsp3) is 0.750. The topological polar surface area (TPSA) is 232 Å². The maximum Gasteiger partial charge on any atom is 0.326 e. The molecule has 12 heteroatoms. The second-order valence-electron chi connectivity index (χ2n) is 6.46. The first kappa shape index (κ1) is 25.6. The molecule has 0 spiro atoms. The number of aliphatic carboxylic acids is 1. The summed E-state index contributed by atoms with van der Waals surface area (Å²) in [6.45, 7) is 1.99. The Morgan fingerprint density at radius 2 is 1.57 bits per heavy atom. The lowest BCUT2D eigenvalue weighted by molar-refractivity contribution is -0.142. The van der Waals surface area contributed by atoms with E-state index in [-0.39, 0.29) is 25.3 Å². The maximum absolute atomic E-state index is 12.5. The van der Waals surface area contributed by atoms with E-state index >= 15 is 0 Å². The molecule has 2 amide bonds. The molecule has 0 radical (unpaired) electrons. The zero-order valence-corrected chi connectivity index (χ0v) is 16.1. The Hall–Kier alpha value is -2.44. The number of carboxylic acid groups (broad SMARTS) is 1. The number of aliphatic hydroxyl groups is 1. The van der Waals surface area contributed by atoms with Gasteiger partial charge in [-0.1, -0.05) is 0 Å². The van der Waals surface area contributed by atoms with Gasteiger partial charge in [0.15, 0.2) is 5.96 Å². The van der Waals surface area contributed by atoms with Crippen LogP contribution in [0.1, 0.15) is 39.0 Å². The SMILES string of the molecule is CC(O)C(N)C(=O)NC(CCCCN)C(=O)NC(CCCN=C(N)N)C(=O)O. The monoisotopic (exact) mass is 403 g/mol. The standard InChI is InChI=1S/C16H33N7O5/c1-9(24)12(18)14(26)22-10(5-2-3-7-17)13(25)23-11(15(27)28)6-4-8-21-16(19)20/h9-12,24H,2-8,17-18H2,1H3,(H,22,26)(H,23,25)(H,27,28)(H4,19,20,21). The van der Waals surface area contributed by atoms with Crippen molar-refractivity contribution in [1.82, 2.24) is 10.6 Å². The van der Waals surface area contributed by atoms with Crippen LogP contribution in [-0.2, 0) is 14.4 Å². The van der Waals surface area contributed by atoms with Crippen LogP contribution in [0.2, 0.25) is 0 Å². The molecule has 0 saturated heterocycles. The number of carbonyl (C=O) groups excluding carboxylic acids is 2. The molecule has 0 aromatic rings. The predicted molar refractivity (Wildman–Crippen MR) is 104 cm³/mol. The first-order valence-corrected chi connectivity index (χ1v) is 9.12. The number of hydrogen-bond donors (Lipinski definition) is 8. The third-order valence-corrected chi connectivity index (χ3v) is 3.96. The molecule has 0 saturated carbocycles. The third-order valence-electron chi connectivity index (χ3n) is 3.96. The Morgan fingerprint density at radius 1 is 1.00 bits per heavy atom. The van der Waals surface area contributed by atoms with Crippen molar-refractivity contribution in [1.29, 1.82) is 0 Å². The van der Waals surface area contributed by atoms with E-state index in [1.54, 1.807) is 0 Å². The quantitative estimate of drug-likeness (QED) is 0.0833. The van der Waals surface area contributed by atoms with E-state index in [0.717, 1.165) is 0 Å². The summed E-state index contributed by atoms with van der Waals surface area (Å²) in [6, 6.07) is -3.37. The van der Waals surface area contributed by atoms with Gasteiger partial charge in [-0.25, -0.2) is 4.79 Å². The molecule has 0 aromatic heterocycles. The van der Waals surface area contributed by atoms with E-state index in [0.29, 0.717) is 25.8 Å². The highest BCUT2D eigenvalue weighted by molar-refractivity contribution is 5.91. The third kappa shape index (κ3) is 10.6. The highest BCUT2D eigenvalue weighted by Gasteiger charge is 2.28. The van der Waals surface area contributed by atoms with Crippen LogP contribution in [0, 0.1) is 0 Å². The van der Waals surface area contributed by atoms with Crippen LogP contribution < -0.4 is 33.6 Å². The minimum absolute atomic E-state index is 0.104. The molecular weight excluding hydrogens is 370 g/mol. The maximum atomic E-state index is 12.5. The van der Waals surface area contributed by atoms with Gasteiger partial charge in [-0.05, 0) is 45.6 Å². The van der Waals surface area contributed by atoms with Crippen molar-refractivity contribution in [2.45, 2.75) is 63.3 Å². The first-order valence-electron chi connectivity index (χ1n) is 9.12. The van der Waals surface area contributed by atoms with Crippen molar-refractivity contribution in [3.63, 3.8) is 0 Å². The number of nitrogens with one attached hydrogen (secondary N) is 2. The lowest BCUT2D eigenvalue weighted by Crippen LogP contribution is -2.56. The van der Waals surface area contributed by atoms with Gasteiger partial charge in [-0.15, -0.1) is 0 Å². The molecule has 0 fully saturated rings. The Morgan fingerprint density at radius 3 is 2.07 bits per heavy atom. The number of carbonyl (C=O) groups is 3. The summed E-state index contributed by atoms with van der Waals surface area (Å²) in [6.07, 6.45) is 0.766. The van der Waals surface area contributed by atoms with Gasteiger partial charge < -0.3 is 43.8 Å². The highest BCUT2D eigenvalue weighted by atomic mass is 16.4. The van der Waals surface area contributed by atoms with Crippen LogP contribution in [-0.4, -0.2) is 71.3 Å². The summed E-state index contributed by atoms with van der Waals surface area (Å²) in [5, 5.41) is 23.6. The fourth-order valence-electron chi connectivity index (χ4n) is 2.28. The molecule has 0 bridgehead atoms. The molecule has 0 aliphatic rings. The second-order valence-corrected chi connectivity index (χ2v) is 6.46. The van der Waals surface area contributed by atoms with Gasteiger partial charge >= 0.3 is 5.97 Å². The molecule has 12 N–H and O–H groups in total. The molecule has 0 aliphatic heterocycles. The number of carboxylic acids is 1. The van der Waals surface area contributed by atoms with E-state index < -0.39 is 42.0 Å². The van der Waals surface area contributed by atoms with Gasteiger partial charge in [-0.3, -0.25) is 14.6 Å². The van der Waals surface area contributed by atoms with Crippen molar-refractivity contribution in [3.8, 4) is 0 Å². The number of hydrogen-bond acceptors (Lipinski definition) is 7. The van der Waals surface area contributed by atoms with E-state index in [9.17, 15) is 24.6 Å². The Bertz CT molecular complexity index is 537. The minimum atomic E-state index is -1.22. The zero-order valence-electron chi connectivity index (χ0n) is 16.1. The van der Waals surface area contributed by atoms with Gasteiger partial charge in [0.05, 0.1) is 6.10 Å². The Labute approximate surface area is 164 Å². The number of nitrogens with zero attached hydrogens (tertiary/aromatic N) is 1. The summed E-state index contributed by atoms with van der Waals surface area (Å²) in [4.78, 5) is 39.8. The van der Waals surface area contributed by atoms with Crippen LogP contribution in [0.25, 0.3) is 0 Å². The fourth-order valence-corrected chi connectivity index (χ4v) is 2.28. The summed E-state index contributed by atoms with van der Waals surface area (Å²) in [7, 11) is 0. The smallest absolute Gasteiger partial charge is 0.326 e. The Kier molecular flexibility index (Phi) is 12.5. The van der Waals surface area contributed by atoms with E-state index in [4.69, 9.17) is 22.9 Å². The number of aliphatic hydroxyl groups excluding tert-OH is 1. The summed E-state index contributed by atoms with van der Waals surface area (Å²) >= 11 is 0. The van der Waals surface area contributed by atoms with Crippen LogP contribution >= 0.6 is 0 Å². The van der Waals surface area contributed by atoms with Gasteiger partial charge in [0.2, 0.25) is 11.8 Å². The van der Waals surface area contributed by atoms with Crippen LogP contribution in [0.4, 0.5) is 0 Å². The van der Waals surface area contributed by atoms with E-state index in [1.165, 1.54) is 6.92 Å². The normalized spacial score (nSPS) is 15.0. The number of rotatable bonds is 14. The minimum Gasteiger partial charge on any atom is -0.480 e. The van der Waals surface area contributed by atoms with Crippen molar-refractivity contribution >= 4 is 23.7 Å². The van der Waals surface area contributed by atoms with Crippen LogP contribution in [0.3, 0.4) is 0 Å².